The summed E-state index contributed by atoms with van der Waals surface area (Å²) >= 11 is 0. The summed E-state index contributed by atoms with van der Waals surface area (Å²) in [5.41, 5.74) is 8.37. The molecule has 0 radical (unpaired) electrons. The van der Waals surface area contributed by atoms with Gasteiger partial charge in [-0.1, -0.05) is 12.1 Å². The Hall–Kier alpha value is -1.98. The number of halogens is 1. The lowest BCUT2D eigenvalue weighted by molar-refractivity contribution is 0.178. The van der Waals surface area contributed by atoms with E-state index in [1.807, 2.05) is 26.0 Å². The molecule has 3 atom stereocenters. The summed E-state index contributed by atoms with van der Waals surface area (Å²) in [5, 5.41) is 0. The van der Waals surface area contributed by atoms with Gasteiger partial charge in [-0.15, -0.1) is 0 Å². The van der Waals surface area contributed by atoms with Gasteiger partial charge < -0.3 is 15.4 Å². The Bertz CT molecular complexity index is 816. The molecule has 2 aliphatic rings. The fourth-order valence-electron chi connectivity index (χ4n) is 3.95. The van der Waals surface area contributed by atoms with E-state index in [1.165, 1.54) is 12.1 Å². The van der Waals surface area contributed by atoms with Gasteiger partial charge in [0.1, 0.15) is 11.9 Å². The number of nitrogens with zero attached hydrogens (tertiary/aromatic N) is 2. The predicted octanol–water partition coefficient (Wildman–Crippen LogP) is 3.80. The van der Waals surface area contributed by atoms with E-state index in [2.05, 4.69) is 23.7 Å². The van der Waals surface area contributed by atoms with Crippen LogP contribution in [0.1, 0.15) is 33.4 Å². The van der Waals surface area contributed by atoms with Gasteiger partial charge in [-0.2, -0.15) is 0 Å². The van der Waals surface area contributed by atoms with Crippen molar-refractivity contribution in [3.63, 3.8) is 0 Å². The summed E-state index contributed by atoms with van der Waals surface area (Å²) in [6.45, 7) is 10.5. The predicted molar refractivity (Wildman–Crippen MR) is 105 cm³/mol. The molecule has 1 aromatic heterocycles. The number of nitrogens with two attached hydrogens (primary N) is 1. The van der Waals surface area contributed by atoms with Crippen LogP contribution in [0.3, 0.4) is 0 Å². The van der Waals surface area contributed by atoms with Crippen molar-refractivity contribution < 1.29 is 9.13 Å². The zero-order valence-electron chi connectivity index (χ0n) is 16.4. The topological polar surface area (TPSA) is 51.4 Å². The first-order valence-electron chi connectivity index (χ1n) is 9.70. The molecule has 144 valence electrons. The molecule has 5 heteroatoms. The summed E-state index contributed by atoms with van der Waals surface area (Å²) in [7, 11) is 0. The van der Waals surface area contributed by atoms with E-state index in [9.17, 15) is 4.39 Å². The molecule has 4 nitrogen and oxygen atoms in total. The van der Waals surface area contributed by atoms with E-state index in [1.54, 1.807) is 12.1 Å². The van der Waals surface area contributed by atoms with Crippen molar-refractivity contribution in [2.75, 3.05) is 13.1 Å². The van der Waals surface area contributed by atoms with Gasteiger partial charge in [0.2, 0.25) is 5.88 Å². The van der Waals surface area contributed by atoms with Gasteiger partial charge in [0, 0.05) is 37.0 Å². The maximum atomic E-state index is 13.3. The Morgan fingerprint density at radius 3 is 2.30 bits per heavy atom. The van der Waals surface area contributed by atoms with Gasteiger partial charge in [-0.3, -0.25) is 0 Å². The molecule has 1 aliphatic heterocycles. The molecule has 1 saturated carbocycles. The maximum absolute atomic E-state index is 13.3. The summed E-state index contributed by atoms with van der Waals surface area (Å²) in [6.07, 6.45) is 0.240. The van der Waals surface area contributed by atoms with Crippen molar-refractivity contribution >= 4 is 0 Å². The molecule has 1 saturated heterocycles. The van der Waals surface area contributed by atoms with Gasteiger partial charge in [0.05, 0.1) is 11.2 Å². The van der Waals surface area contributed by atoms with E-state index in [4.69, 9.17) is 10.5 Å². The summed E-state index contributed by atoms with van der Waals surface area (Å²) in [4.78, 5) is 7.18. The SMILES string of the molecule is CC(C)N1C[C@@H]2C(Oc3cc(-c4ccc(F)cc4)cc(C(C)(C)N)n3)[C@@H]2C1. The third-order valence-electron chi connectivity index (χ3n) is 5.77. The standard InChI is InChI=1S/C22H28FN3O/c1-13(2)26-11-17-18(12-26)21(17)27-20-10-15(9-19(25-20)22(3,4)24)14-5-7-16(23)8-6-14/h5-10,13,17-18,21H,11-12,24H2,1-4H3/t17-,18+,21?. The summed E-state index contributed by atoms with van der Waals surface area (Å²) in [5.74, 6) is 1.56. The van der Waals surface area contributed by atoms with Crippen LogP contribution in [-0.4, -0.2) is 35.1 Å². The highest BCUT2D eigenvalue weighted by atomic mass is 19.1. The van der Waals surface area contributed by atoms with Gasteiger partial charge in [-0.05, 0) is 57.0 Å². The second-order valence-electron chi connectivity index (χ2n) is 8.77. The van der Waals surface area contributed by atoms with Crippen molar-refractivity contribution in [2.24, 2.45) is 17.6 Å². The van der Waals surface area contributed by atoms with E-state index in [0.717, 1.165) is 29.9 Å². The van der Waals surface area contributed by atoms with Crippen LogP contribution in [0.5, 0.6) is 5.88 Å². The number of pyridine rings is 1. The molecule has 0 amide bonds. The maximum Gasteiger partial charge on any atom is 0.214 e. The number of fused-ring (bicyclic) bond motifs is 1. The first kappa shape index (κ1) is 18.4. The molecule has 0 spiro atoms. The van der Waals surface area contributed by atoms with Crippen LogP contribution < -0.4 is 10.5 Å². The zero-order valence-corrected chi connectivity index (χ0v) is 16.4. The van der Waals surface area contributed by atoms with Crippen LogP contribution in [0, 0.1) is 17.7 Å². The van der Waals surface area contributed by atoms with Gasteiger partial charge in [0.15, 0.2) is 0 Å². The van der Waals surface area contributed by atoms with Gasteiger partial charge >= 0.3 is 0 Å². The highest BCUT2D eigenvalue weighted by molar-refractivity contribution is 5.65. The van der Waals surface area contributed by atoms with Crippen LogP contribution in [0.15, 0.2) is 36.4 Å². The third-order valence-corrected chi connectivity index (χ3v) is 5.77. The fraction of sp³-hybridized carbons (Fsp3) is 0.500. The monoisotopic (exact) mass is 369 g/mol. The lowest BCUT2D eigenvalue weighted by Crippen LogP contribution is -2.33. The smallest absolute Gasteiger partial charge is 0.214 e. The molecular weight excluding hydrogens is 341 g/mol. The molecule has 2 aromatic rings. The summed E-state index contributed by atoms with van der Waals surface area (Å²) in [6, 6.07) is 11.0. The second-order valence-corrected chi connectivity index (χ2v) is 8.77. The molecule has 4 rings (SSSR count). The molecule has 2 heterocycles. The second kappa shape index (κ2) is 6.57. The van der Waals surface area contributed by atoms with Crippen molar-refractivity contribution in [3.05, 3.63) is 47.9 Å². The van der Waals surface area contributed by atoms with Crippen molar-refractivity contribution in [1.82, 2.24) is 9.88 Å². The van der Waals surface area contributed by atoms with E-state index >= 15 is 0 Å². The van der Waals surface area contributed by atoms with Crippen LogP contribution in [0.25, 0.3) is 11.1 Å². The Labute approximate surface area is 160 Å². The Kier molecular flexibility index (Phi) is 4.47. The molecule has 1 aromatic carbocycles. The average Bonchev–Trinajstić information content (AvgIpc) is 3.03. The molecule has 0 bridgehead atoms. The third kappa shape index (κ3) is 3.71. The molecule has 1 unspecified atom stereocenters. The highest BCUT2D eigenvalue weighted by Gasteiger charge is 2.58. The number of benzene rings is 1. The van der Waals surface area contributed by atoms with Crippen molar-refractivity contribution in [2.45, 2.75) is 45.4 Å². The van der Waals surface area contributed by atoms with Gasteiger partial charge in [-0.25, -0.2) is 9.37 Å². The Balaban J connectivity index is 1.58. The Morgan fingerprint density at radius 1 is 1.11 bits per heavy atom. The zero-order chi connectivity index (χ0) is 19.3. The highest BCUT2D eigenvalue weighted by Crippen LogP contribution is 2.48. The number of piperidine rings is 1. The fourth-order valence-corrected chi connectivity index (χ4v) is 3.95. The first-order valence-corrected chi connectivity index (χ1v) is 9.70. The molecule has 27 heavy (non-hydrogen) atoms. The number of ether oxygens (including phenoxy) is 1. The normalized spacial score (nSPS) is 24.9. The number of likely N-dealkylation sites (tertiary alicyclic amines) is 1. The van der Waals surface area contributed by atoms with Crippen LogP contribution in [-0.2, 0) is 5.54 Å². The van der Waals surface area contributed by atoms with Crippen molar-refractivity contribution in [1.29, 1.82) is 0 Å². The molecule has 1 aliphatic carbocycles. The van der Waals surface area contributed by atoms with E-state index in [0.29, 0.717) is 23.8 Å². The Morgan fingerprint density at radius 2 is 1.74 bits per heavy atom. The number of aromatic nitrogens is 1. The summed E-state index contributed by atoms with van der Waals surface area (Å²) < 4.78 is 19.6. The molecular formula is C22H28FN3O. The largest absolute Gasteiger partial charge is 0.474 e. The number of hydrogen-bond donors (Lipinski definition) is 1. The first-order chi connectivity index (χ1) is 12.7. The number of hydrogen-bond acceptors (Lipinski definition) is 4. The molecule has 2 N–H and O–H groups in total. The lowest BCUT2D eigenvalue weighted by atomic mass is 9.97. The molecule has 2 fully saturated rings. The minimum atomic E-state index is -0.581. The van der Waals surface area contributed by atoms with E-state index < -0.39 is 5.54 Å². The van der Waals surface area contributed by atoms with Crippen molar-refractivity contribution in [3.8, 4) is 17.0 Å². The van der Waals surface area contributed by atoms with Gasteiger partial charge in [0.25, 0.3) is 0 Å². The van der Waals surface area contributed by atoms with Crippen LogP contribution in [0.2, 0.25) is 0 Å². The minimum Gasteiger partial charge on any atom is -0.474 e. The van der Waals surface area contributed by atoms with Crippen LogP contribution >= 0.6 is 0 Å². The lowest BCUT2D eigenvalue weighted by Gasteiger charge is -2.24. The average molecular weight is 369 g/mol. The van der Waals surface area contributed by atoms with Crippen LogP contribution in [0.4, 0.5) is 4.39 Å². The van der Waals surface area contributed by atoms with E-state index in [-0.39, 0.29) is 11.9 Å². The quantitative estimate of drug-likeness (QED) is 0.871. The minimum absolute atomic E-state index is 0.240. The number of rotatable bonds is 5.